The number of piperidine rings is 1. The summed E-state index contributed by atoms with van der Waals surface area (Å²) in [6, 6.07) is 13.4. The Labute approximate surface area is 246 Å². The second-order valence-corrected chi connectivity index (χ2v) is 12.7. The van der Waals surface area contributed by atoms with Gasteiger partial charge in [-0.05, 0) is 74.3 Å². The van der Waals surface area contributed by atoms with Crippen LogP contribution < -0.4 is 9.47 Å². The molecule has 0 unspecified atom stereocenters. The standard InChI is InChI=1S/C34H38N2O6/c1-21(37)40-27-13-12-25-19-28-34(42-22(2)38)16-15-26(35(3)29(39)14-11-23-7-5-4-6-8-23)32-33(34,30(25)31(27)41-32)17-18-36(28)20-24-9-10-24/h4-8,11-14,24,26,28,32H,9-10,15-20H2,1-3H3/t26-,28+,32-,33-,34+/m0/s1. The predicted octanol–water partition coefficient (Wildman–Crippen LogP) is 4.29. The van der Waals surface area contributed by atoms with Crippen LogP contribution in [0.15, 0.2) is 48.5 Å². The van der Waals surface area contributed by atoms with Crippen LogP contribution in [0, 0.1) is 5.92 Å². The van der Waals surface area contributed by atoms with Crippen molar-refractivity contribution in [2.75, 3.05) is 20.1 Å². The smallest absolute Gasteiger partial charge is 0.308 e. The van der Waals surface area contributed by atoms with E-state index in [0.29, 0.717) is 30.3 Å². The highest BCUT2D eigenvalue weighted by Crippen LogP contribution is 2.67. The molecule has 2 heterocycles. The molecule has 3 aliphatic carbocycles. The summed E-state index contributed by atoms with van der Waals surface area (Å²) in [7, 11) is 1.83. The molecule has 42 heavy (non-hydrogen) atoms. The second kappa shape index (κ2) is 9.97. The summed E-state index contributed by atoms with van der Waals surface area (Å²) >= 11 is 0. The number of esters is 2. The van der Waals surface area contributed by atoms with Crippen LogP contribution in [0.1, 0.15) is 62.6 Å². The molecule has 5 aliphatic rings. The van der Waals surface area contributed by atoms with Gasteiger partial charge in [0.2, 0.25) is 5.91 Å². The third-order valence-corrected chi connectivity index (χ3v) is 10.3. The first-order valence-corrected chi connectivity index (χ1v) is 15.2. The van der Waals surface area contributed by atoms with Gasteiger partial charge in [0.15, 0.2) is 11.5 Å². The molecule has 8 nitrogen and oxygen atoms in total. The number of hydrogen-bond donors (Lipinski definition) is 0. The van der Waals surface area contributed by atoms with Crippen molar-refractivity contribution < 1.29 is 28.6 Å². The van der Waals surface area contributed by atoms with Crippen LogP contribution in [0.25, 0.3) is 6.08 Å². The van der Waals surface area contributed by atoms with Gasteiger partial charge in [0.1, 0.15) is 11.7 Å². The highest BCUT2D eigenvalue weighted by Gasteiger charge is 2.75. The number of amides is 1. The Kier molecular flexibility index (Phi) is 6.46. The molecule has 2 aromatic carbocycles. The molecular weight excluding hydrogens is 532 g/mol. The average molecular weight is 571 g/mol. The van der Waals surface area contributed by atoms with E-state index in [-0.39, 0.29) is 24.0 Å². The Bertz CT molecular complexity index is 1470. The fraction of sp³-hybridized carbons (Fsp3) is 0.500. The van der Waals surface area contributed by atoms with E-state index in [1.54, 1.807) is 11.0 Å². The summed E-state index contributed by atoms with van der Waals surface area (Å²) in [6.07, 6.45) is 8.20. The third-order valence-electron chi connectivity index (χ3n) is 10.3. The summed E-state index contributed by atoms with van der Waals surface area (Å²) < 4.78 is 19.1. The molecule has 5 atom stereocenters. The molecule has 2 bridgehead atoms. The van der Waals surface area contributed by atoms with Gasteiger partial charge < -0.3 is 19.1 Å². The molecule has 0 radical (unpaired) electrons. The van der Waals surface area contributed by atoms with E-state index in [4.69, 9.17) is 14.2 Å². The molecule has 8 heteroatoms. The van der Waals surface area contributed by atoms with Gasteiger partial charge in [-0.25, -0.2) is 0 Å². The largest absolute Gasteiger partial charge is 0.483 e. The van der Waals surface area contributed by atoms with Gasteiger partial charge in [-0.1, -0.05) is 36.4 Å². The van der Waals surface area contributed by atoms with Gasteiger partial charge in [-0.3, -0.25) is 19.3 Å². The molecule has 2 aliphatic heterocycles. The lowest BCUT2D eigenvalue weighted by molar-refractivity contribution is -0.223. The quantitative estimate of drug-likeness (QED) is 0.279. The molecule has 1 saturated heterocycles. The number of carbonyl (C=O) groups excluding carboxylic acids is 3. The minimum atomic E-state index is -0.802. The highest BCUT2D eigenvalue weighted by atomic mass is 16.6. The van der Waals surface area contributed by atoms with Crippen molar-refractivity contribution in [1.82, 2.24) is 9.80 Å². The number of ether oxygens (including phenoxy) is 3. The van der Waals surface area contributed by atoms with Gasteiger partial charge in [-0.15, -0.1) is 0 Å². The van der Waals surface area contributed by atoms with Crippen molar-refractivity contribution in [3.63, 3.8) is 0 Å². The Balaban J connectivity index is 1.33. The molecule has 7 rings (SSSR count). The highest BCUT2D eigenvalue weighted by molar-refractivity contribution is 5.92. The average Bonchev–Trinajstić information content (AvgIpc) is 3.71. The van der Waals surface area contributed by atoms with Crippen molar-refractivity contribution >= 4 is 23.9 Å². The number of carbonyl (C=O) groups is 3. The van der Waals surface area contributed by atoms with E-state index in [9.17, 15) is 14.4 Å². The van der Waals surface area contributed by atoms with Gasteiger partial charge in [0, 0.05) is 39.1 Å². The normalized spacial score (nSPS) is 30.8. The van der Waals surface area contributed by atoms with Crippen LogP contribution in [0.3, 0.4) is 0 Å². The number of benzene rings is 2. The fourth-order valence-electron chi connectivity index (χ4n) is 8.52. The van der Waals surface area contributed by atoms with Crippen molar-refractivity contribution in [1.29, 1.82) is 0 Å². The van der Waals surface area contributed by atoms with Gasteiger partial charge >= 0.3 is 11.9 Å². The van der Waals surface area contributed by atoms with Crippen LogP contribution in [0.5, 0.6) is 11.5 Å². The summed E-state index contributed by atoms with van der Waals surface area (Å²) in [4.78, 5) is 42.9. The monoisotopic (exact) mass is 570 g/mol. The van der Waals surface area contributed by atoms with E-state index >= 15 is 0 Å². The number of rotatable bonds is 7. The van der Waals surface area contributed by atoms with Crippen molar-refractivity contribution in [3.8, 4) is 11.5 Å². The van der Waals surface area contributed by atoms with Crippen LogP contribution in [0.2, 0.25) is 0 Å². The summed E-state index contributed by atoms with van der Waals surface area (Å²) in [5.74, 6) is 0.815. The lowest BCUT2D eigenvalue weighted by Gasteiger charge is -2.65. The third kappa shape index (κ3) is 4.09. The SMILES string of the molecule is CC(=O)Oc1ccc2c3c1O[C@H]1[C@@H](N(C)C(=O)C=Cc4ccccc4)CC[C@@]4(OC(C)=O)[C@@H](C2)N(CC2CC2)CC[C@]314. The molecule has 0 aromatic heterocycles. The Morgan fingerprint density at radius 2 is 1.83 bits per heavy atom. The van der Waals surface area contributed by atoms with E-state index < -0.39 is 23.1 Å². The number of likely N-dealkylation sites (N-methyl/N-ethyl adjacent to an activating group) is 1. The zero-order valence-corrected chi connectivity index (χ0v) is 24.5. The number of nitrogens with zero attached hydrogens (tertiary/aromatic N) is 2. The second-order valence-electron chi connectivity index (χ2n) is 12.7. The number of likely N-dealkylation sites (tertiary alicyclic amines) is 1. The van der Waals surface area contributed by atoms with Gasteiger partial charge in [0.05, 0.1) is 17.5 Å². The maximum atomic E-state index is 13.6. The van der Waals surface area contributed by atoms with Gasteiger partial charge in [-0.2, -0.15) is 0 Å². The van der Waals surface area contributed by atoms with Crippen molar-refractivity contribution in [2.24, 2.45) is 5.92 Å². The van der Waals surface area contributed by atoms with Crippen LogP contribution in [0.4, 0.5) is 0 Å². The molecule has 0 N–H and O–H groups in total. The Hall–Kier alpha value is -3.65. The molecule has 3 fully saturated rings. The topological polar surface area (TPSA) is 85.4 Å². The first-order valence-electron chi connectivity index (χ1n) is 15.2. The predicted molar refractivity (Wildman–Crippen MR) is 156 cm³/mol. The lowest BCUT2D eigenvalue weighted by Crippen LogP contribution is -2.79. The summed E-state index contributed by atoms with van der Waals surface area (Å²) in [5.41, 5.74) is 1.64. The van der Waals surface area contributed by atoms with Crippen LogP contribution in [-0.4, -0.2) is 71.6 Å². The first kappa shape index (κ1) is 27.2. The number of hydrogen-bond acceptors (Lipinski definition) is 7. The molecule has 2 saturated carbocycles. The first-order chi connectivity index (χ1) is 20.2. The Morgan fingerprint density at radius 1 is 1.05 bits per heavy atom. The molecule has 2 aromatic rings. The van der Waals surface area contributed by atoms with Crippen molar-refractivity contribution in [2.45, 2.75) is 81.6 Å². The summed E-state index contributed by atoms with van der Waals surface area (Å²) in [6.45, 7) is 4.75. The minimum absolute atomic E-state index is 0.0137. The molecule has 1 amide bonds. The zero-order chi connectivity index (χ0) is 29.2. The zero-order valence-electron chi connectivity index (χ0n) is 24.5. The van der Waals surface area contributed by atoms with E-state index in [0.717, 1.165) is 42.6 Å². The van der Waals surface area contributed by atoms with E-state index in [1.165, 1.54) is 26.7 Å². The van der Waals surface area contributed by atoms with E-state index in [2.05, 4.69) is 11.0 Å². The maximum Gasteiger partial charge on any atom is 0.308 e. The van der Waals surface area contributed by atoms with Crippen LogP contribution >= 0.6 is 0 Å². The van der Waals surface area contributed by atoms with E-state index in [1.807, 2.05) is 49.5 Å². The summed E-state index contributed by atoms with van der Waals surface area (Å²) in [5, 5.41) is 0. The molecule has 1 spiro atoms. The Morgan fingerprint density at radius 3 is 2.55 bits per heavy atom. The minimum Gasteiger partial charge on any atom is -0.483 e. The van der Waals surface area contributed by atoms with Crippen LogP contribution in [-0.2, 0) is 31.0 Å². The van der Waals surface area contributed by atoms with Gasteiger partial charge in [0.25, 0.3) is 0 Å². The molecule has 220 valence electrons. The lowest BCUT2D eigenvalue weighted by atomic mass is 9.48. The van der Waals surface area contributed by atoms with Crippen molar-refractivity contribution in [3.05, 3.63) is 65.2 Å². The molecular formula is C34H38N2O6. The fourth-order valence-corrected chi connectivity index (χ4v) is 8.52. The maximum absolute atomic E-state index is 13.6.